The van der Waals surface area contributed by atoms with Crippen LogP contribution in [0.5, 0.6) is 0 Å². The number of hydrogen-bond donors (Lipinski definition) is 2. The van der Waals surface area contributed by atoms with E-state index in [2.05, 4.69) is 13.2 Å². The fourth-order valence-corrected chi connectivity index (χ4v) is 0.791. The molecule has 0 spiro atoms. The van der Waals surface area contributed by atoms with Gasteiger partial charge in [0.15, 0.2) is 0 Å². The van der Waals surface area contributed by atoms with Gasteiger partial charge in [0.2, 0.25) is 0 Å². The summed E-state index contributed by atoms with van der Waals surface area (Å²) in [6.07, 6.45) is 2.66. The van der Waals surface area contributed by atoms with Gasteiger partial charge < -0.3 is 10.2 Å². The van der Waals surface area contributed by atoms with E-state index in [0.29, 0.717) is 12.8 Å². The summed E-state index contributed by atoms with van der Waals surface area (Å²) >= 11 is 0. The molecule has 0 saturated carbocycles. The first-order chi connectivity index (χ1) is 5.06. The van der Waals surface area contributed by atoms with Gasteiger partial charge in [-0.25, -0.2) is 0 Å². The van der Waals surface area contributed by atoms with Gasteiger partial charge in [0, 0.05) is 12.8 Å². The molecule has 0 unspecified atom stereocenters. The largest absolute Gasteiger partial charge is 0.513 e. The highest BCUT2D eigenvalue weighted by Gasteiger charge is 1.99. The third kappa shape index (κ3) is 5.27. The Morgan fingerprint density at radius 2 is 1.55 bits per heavy atom. The van der Waals surface area contributed by atoms with Crippen LogP contribution in [0.25, 0.3) is 0 Å². The number of rotatable bonds is 4. The Labute approximate surface area is 67.2 Å². The van der Waals surface area contributed by atoms with Crippen molar-refractivity contribution in [2.24, 2.45) is 0 Å². The second kappa shape index (κ2) is 4.61. The molecule has 0 saturated heterocycles. The lowest BCUT2D eigenvalue weighted by Crippen LogP contribution is -1.88. The first-order valence-electron chi connectivity index (χ1n) is 3.43. The van der Waals surface area contributed by atoms with Crippen molar-refractivity contribution in [1.82, 2.24) is 0 Å². The molecule has 0 aromatic rings. The number of aliphatic hydroxyl groups is 2. The minimum absolute atomic E-state index is 0.111. The van der Waals surface area contributed by atoms with E-state index < -0.39 is 0 Å². The minimum Gasteiger partial charge on any atom is -0.513 e. The van der Waals surface area contributed by atoms with Crippen LogP contribution in [-0.4, -0.2) is 10.2 Å². The molecule has 0 heterocycles. The standard InChI is InChI=1S/C9H14O2/c1-4-9(5-7(2)10)6-8(3)11/h4,10-11H,2-3,5-6H2,1H3. The van der Waals surface area contributed by atoms with Gasteiger partial charge >= 0.3 is 0 Å². The van der Waals surface area contributed by atoms with Crippen molar-refractivity contribution < 1.29 is 10.2 Å². The van der Waals surface area contributed by atoms with Crippen LogP contribution in [0, 0.1) is 0 Å². The van der Waals surface area contributed by atoms with Crippen molar-refractivity contribution in [2.45, 2.75) is 19.8 Å². The SMILES string of the molecule is C=C(O)CC(=CC)CC(=C)O. The van der Waals surface area contributed by atoms with Crippen LogP contribution in [0.3, 0.4) is 0 Å². The summed E-state index contributed by atoms with van der Waals surface area (Å²) in [6, 6.07) is 0. The van der Waals surface area contributed by atoms with Crippen LogP contribution in [0.2, 0.25) is 0 Å². The predicted octanol–water partition coefficient (Wildman–Crippen LogP) is 2.86. The van der Waals surface area contributed by atoms with Crippen molar-refractivity contribution in [3.05, 3.63) is 36.3 Å². The minimum atomic E-state index is 0.111. The third-order valence-corrected chi connectivity index (χ3v) is 1.27. The average molecular weight is 154 g/mol. The van der Waals surface area contributed by atoms with Crippen molar-refractivity contribution in [1.29, 1.82) is 0 Å². The fourth-order valence-electron chi connectivity index (χ4n) is 0.791. The molecule has 0 aromatic heterocycles. The molecule has 2 heteroatoms. The van der Waals surface area contributed by atoms with Gasteiger partial charge in [-0.15, -0.1) is 0 Å². The highest BCUT2D eigenvalue weighted by Crippen LogP contribution is 2.14. The Balaban J connectivity index is 3.99. The molecule has 0 rings (SSSR count). The van der Waals surface area contributed by atoms with E-state index in [1.54, 1.807) is 0 Å². The Morgan fingerprint density at radius 1 is 1.18 bits per heavy atom. The number of hydrogen-bond acceptors (Lipinski definition) is 2. The highest BCUT2D eigenvalue weighted by molar-refractivity contribution is 5.12. The van der Waals surface area contributed by atoms with Gasteiger partial charge in [-0.2, -0.15) is 0 Å². The number of aliphatic hydroxyl groups excluding tert-OH is 2. The monoisotopic (exact) mass is 154 g/mol. The topological polar surface area (TPSA) is 40.5 Å². The molecular weight excluding hydrogens is 140 g/mol. The Hall–Kier alpha value is -1.18. The van der Waals surface area contributed by atoms with E-state index >= 15 is 0 Å². The van der Waals surface area contributed by atoms with Gasteiger partial charge in [-0.05, 0) is 6.92 Å². The highest BCUT2D eigenvalue weighted by atomic mass is 16.3. The van der Waals surface area contributed by atoms with Crippen LogP contribution in [0.1, 0.15) is 19.8 Å². The summed E-state index contributed by atoms with van der Waals surface area (Å²) in [5.41, 5.74) is 0.921. The van der Waals surface area contributed by atoms with E-state index in [1.165, 1.54) is 0 Å². The van der Waals surface area contributed by atoms with E-state index in [0.717, 1.165) is 5.57 Å². The lowest BCUT2D eigenvalue weighted by atomic mass is 10.1. The summed E-state index contributed by atoms with van der Waals surface area (Å²) in [7, 11) is 0. The molecule has 0 aromatic carbocycles. The molecule has 0 aliphatic carbocycles. The van der Waals surface area contributed by atoms with Crippen molar-refractivity contribution >= 4 is 0 Å². The summed E-state index contributed by atoms with van der Waals surface area (Å²) in [6.45, 7) is 8.56. The van der Waals surface area contributed by atoms with Gasteiger partial charge in [-0.1, -0.05) is 24.8 Å². The first-order valence-corrected chi connectivity index (χ1v) is 3.43. The molecule has 0 atom stereocenters. The zero-order valence-corrected chi connectivity index (χ0v) is 6.80. The summed E-state index contributed by atoms with van der Waals surface area (Å²) in [5, 5.41) is 17.6. The van der Waals surface area contributed by atoms with Crippen LogP contribution < -0.4 is 0 Å². The van der Waals surface area contributed by atoms with Crippen molar-refractivity contribution in [3.8, 4) is 0 Å². The van der Waals surface area contributed by atoms with E-state index in [1.807, 2.05) is 13.0 Å². The fraction of sp³-hybridized carbons (Fsp3) is 0.333. The normalized spacial score (nSPS) is 8.82. The predicted molar refractivity (Wildman–Crippen MR) is 46.5 cm³/mol. The van der Waals surface area contributed by atoms with Gasteiger partial charge in [0.1, 0.15) is 0 Å². The Kier molecular flexibility index (Phi) is 4.11. The molecule has 0 bridgehead atoms. The third-order valence-electron chi connectivity index (χ3n) is 1.27. The Bertz CT molecular complexity index is 172. The van der Waals surface area contributed by atoms with Crippen LogP contribution in [0.4, 0.5) is 0 Å². The van der Waals surface area contributed by atoms with Crippen LogP contribution in [0.15, 0.2) is 36.3 Å². The average Bonchev–Trinajstić information content (AvgIpc) is 1.84. The van der Waals surface area contributed by atoms with E-state index in [-0.39, 0.29) is 11.5 Å². The van der Waals surface area contributed by atoms with Gasteiger partial charge in [-0.3, -0.25) is 0 Å². The lowest BCUT2D eigenvalue weighted by molar-refractivity contribution is 0.385. The molecule has 0 fully saturated rings. The second-order valence-electron chi connectivity index (χ2n) is 2.43. The molecule has 2 nitrogen and oxygen atoms in total. The zero-order chi connectivity index (χ0) is 8.85. The molecule has 2 N–H and O–H groups in total. The van der Waals surface area contributed by atoms with Gasteiger partial charge in [0.05, 0.1) is 11.5 Å². The van der Waals surface area contributed by atoms with Crippen molar-refractivity contribution in [2.75, 3.05) is 0 Å². The van der Waals surface area contributed by atoms with E-state index in [4.69, 9.17) is 10.2 Å². The van der Waals surface area contributed by atoms with Crippen LogP contribution in [-0.2, 0) is 0 Å². The maximum Gasteiger partial charge on any atom is 0.0891 e. The quantitative estimate of drug-likeness (QED) is 0.483. The zero-order valence-electron chi connectivity index (χ0n) is 6.80. The number of allylic oxidation sites excluding steroid dienone is 3. The molecule has 0 aliphatic rings. The molecule has 0 radical (unpaired) electrons. The molecule has 0 amide bonds. The van der Waals surface area contributed by atoms with Crippen molar-refractivity contribution in [3.63, 3.8) is 0 Å². The molecule has 0 aliphatic heterocycles. The first kappa shape index (κ1) is 9.82. The smallest absolute Gasteiger partial charge is 0.0891 e. The maximum atomic E-state index is 8.82. The summed E-state index contributed by atoms with van der Waals surface area (Å²) < 4.78 is 0. The Morgan fingerprint density at radius 3 is 1.73 bits per heavy atom. The second-order valence-corrected chi connectivity index (χ2v) is 2.43. The van der Waals surface area contributed by atoms with Crippen LogP contribution >= 0.6 is 0 Å². The molecule has 11 heavy (non-hydrogen) atoms. The maximum absolute atomic E-state index is 8.82. The van der Waals surface area contributed by atoms with Gasteiger partial charge in [0.25, 0.3) is 0 Å². The molecule has 62 valence electrons. The summed E-state index contributed by atoms with van der Waals surface area (Å²) in [4.78, 5) is 0. The summed E-state index contributed by atoms with van der Waals surface area (Å²) in [5.74, 6) is 0.221. The molecular formula is C9H14O2. The van der Waals surface area contributed by atoms with E-state index in [9.17, 15) is 0 Å². The lowest BCUT2D eigenvalue weighted by Gasteiger charge is -2.03.